The van der Waals surface area contributed by atoms with Crippen molar-refractivity contribution < 1.29 is 23.6 Å². The third-order valence-corrected chi connectivity index (χ3v) is 13.1. The molecule has 0 bridgehead atoms. The molecule has 12 aromatic rings. The Hall–Kier alpha value is -8.26. The molecule has 0 radical (unpaired) electrons. The maximum Gasteiger partial charge on any atom is 0.492 e. The predicted octanol–water partition coefficient (Wildman–Crippen LogP) is 15.7. The molecule has 2 aromatic heterocycles. The maximum atomic E-state index is 9.76. The lowest BCUT2D eigenvalue weighted by Gasteiger charge is -2.08. The molecule has 5 nitrogen and oxygen atoms in total. The summed E-state index contributed by atoms with van der Waals surface area (Å²) in [5.41, 5.74) is 17.4. The second kappa shape index (κ2) is 20.1. The molecular formula is C64H49BO5. The summed E-state index contributed by atoms with van der Waals surface area (Å²) in [4.78, 5) is 0. The van der Waals surface area contributed by atoms with Gasteiger partial charge in [-0.2, -0.15) is 0 Å². The lowest BCUT2D eigenvalue weighted by molar-refractivity contribution is 0.198. The summed E-state index contributed by atoms with van der Waals surface area (Å²) < 4.78 is 17.4. The fourth-order valence-electron chi connectivity index (χ4n) is 9.46. The van der Waals surface area contributed by atoms with Crippen LogP contribution in [0.1, 0.15) is 12.8 Å². The summed E-state index contributed by atoms with van der Waals surface area (Å²) in [6.45, 7) is 2.00. The largest absolute Gasteiger partial charge is 0.492 e. The molecule has 3 heterocycles. The first kappa shape index (κ1) is 44.3. The summed E-state index contributed by atoms with van der Waals surface area (Å²) >= 11 is 0. The molecule has 70 heavy (non-hydrogen) atoms. The van der Waals surface area contributed by atoms with Gasteiger partial charge in [-0.15, -0.1) is 0 Å². The van der Waals surface area contributed by atoms with Gasteiger partial charge in [0, 0.05) is 51.3 Å². The van der Waals surface area contributed by atoms with Crippen molar-refractivity contribution in [2.24, 2.45) is 0 Å². The van der Waals surface area contributed by atoms with Gasteiger partial charge in [0.25, 0.3) is 0 Å². The zero-order valence-electron chi connectivity index (χ0n) is 38.5. The Morgan fingerprint density at radius 1 is 0.300 bits per heavy atom. The molecule has 1 saturated heterocycles. The lowest BCUT2D eigenvalue weighted by atomic mass is 9.79. The molecule has 0 aliphatic carbocycles. The van der Waals surface area contributed by atoms with Crippen LogP contribution in [0.2, 0.25) is 0 Å². The molecule has 0 atom stereocenters. The van der Waals surface area contributed by atoms with Crippen molar-refractivity contribution in [1.29, 1.82) is 0 Å². The highest BCUT2D eigenvalue weighted by atomic mass is 16.5. The first-order chi connectivity index (χ1) is 34.6. The van der Waals surface area contributed by atoms with Gasteiger partial charge in [0.05, 0.1) is 0 Å². The number of rotatable bonds is 7. The fraction of sp³-hybridized carbons (Fsp3) is 0.0625. The van der Waals surface area contributed by atoms with E-state index in [1.165, 1.54) is 46.2 Å². The highest BCUT2D eigenvalue weighted by Crippen LogP contribution is 2.38. The fourth-order valence-corrected chi connectivity index (χ4v) is 9.46. The first-order valence-electron chi connectivity index (χ1n) is 23.9. The monoisotopic (exact) mass is 908 g/mol. The smallest absolute Gasteiger partial charge is 0.456 e. The minimum absolute atomic E-state index is 0.369. The second-order valence-corrected chi connectivity index (χ2v) is 17.5. The summed E-state index contributed by atoms with van der Waals surface area (Å²) in [5.74, 6) is 0. The number of hydrogen-bond acceptors (Lipinski definition) is 5. The quantitative estimate of drug-likeness (QED) is 0.156. The van der Waals surface area contributed by atoms with Gasteiger partial charge < -0.3 is 23.6 Å². The lowest BCUT2D eigenvalue weighted by Crippen LogP contribution is -2.29. The SMILES string of the molecule is C1CCOC1.OB(O)c1cccc2c1oc1c(-c3ccc(-c4cccc(-c5ccccc5)c4)cc3)cccc12.c1ccc(-c2cccc(-c3ccc(-c4cccc5c4oc4ccccc45)cc3)c2)cc1. The Kier molecular flexibility index (Phi) is 12.7. The van der Waals surface area contributed by atoms with Crippen LogP contribution < -0.4 is 5.46 Å². The van der Waals surface area contributed by atoms with Crippen LogP contribution in [-0.2, 0) is 4.74 Å². The van der Waals surface area contributed by atoms with Crippen LogP contribution in [0.25, 0.3) is 111 Å². The Bertz CT molecular complexity index is 3690. The molecule has 1 fully saturated rings. The van der Waals surface area contributed by atoms with Gasteiger partial charge in [-0.3, -0.25) is 0 Å². The van der Waals surface area contributed by atoms with Crippen molar-refractivity contribution >= 4 is 56.5 Å². The van der Waals surface area contributed by atoms with E-state index >= 15 is 0 Å². The average molecular weight is 909 g/mol. The van der Waals surface area contributed by atoms with E-state index in [9.17, 15) is 10.0 Å². The van der Waals surface area contributed by atoms with E-state index in [1.54, 1.807) is 6.07 Å². The summed E-state index contributed by atoms with van der Waals surface area (Å²) in [6.07, 6.45) is 2.56. The third-order valence-electron chi connectivity index (χ3n) is 13.1. The Balaban J connectivity index is 0.000000139. The molecule has 1 aliphatic heterocycles. The van der Waals surface area contributed by atoms with Crippen LogP contribution in [0.3, 0.4) is 0 Å². The number of fused-ring (bicyclic) bond motifs is 6. The highest BCUT2D eigenvalue weighted by molar-refractivity contribution is 6.61. The Morgan fingerprint density at radius 3 is 1.16 bits per heavy atom. The highest BCUT2D eigenvalue weighted by Gasteiger charge is 2.21. The third kappa shape index (κ3) is 9.19. The van der Waals surface area contributed by atoms with Gasteiger partial charge in [0.15, 0.2) is 0 Å². The van der Waals surface area contributed by atoms with Gasteiger partial charge >= 0.3 is 7.12 Å². The normalized spacial score (nSPS) is 12.1. The minimum atomic E-state index is -1.58. The summed E-state index contributed by atoms with van der Waals surface area (Å²) in [6, 6.07) is 81.5. The van der Waals surface area contributed by atoms with Gasteiger partial charge in [0.2, 0.25) is 0 Å². The number of para-hydroxylation sites is 4. The zero-order chi connectivity index (χ0) is 47.2. The van der Waals surface area contributed by atoms with Gasteiger partial charge in [0.1, 0.15) is 22.3 Å². The standard InChI is InChI=1S/C30H21BO3.C30H20O.C4H8O/c32-31(33)28-14-6-13-27-26-12-5-11-25(29(26)34-30(27)28)22-17-15-21(16-18-22)24-10-4-9-23(19-24)20-7-2-1-3-8-20;1-2-8-21(9-3-1)24-10-6-11-25(20-24)22-16-18-23(19-17-22)26-13-7-14-28-27-12-4-5-15-29(27)31-30(26)28;1-2-4-5-3-1/h1-19,32-33H;1-20H;1-4H2. The van der Waals surface area contributed by atoms with E-state index in [-0.39, 0.29) is 0 Å². The van der Waals surface area contributed by atoms with Gasteiger partial charge in [-0.1, -0.05) is 218 Å². The molecule has 1 aliphatic rings. The number of benzene rings is 10. The van der Waals surface area contributed by atoms with E-state index in [0.717, 1.165) is 84.9 Å². The van der Waals surface area contributed by atoms with Crippen LogP contribution >= 0.6 is 0 Å². The van der Waals surface area contributed by atoms with E-state index in [2.05, 4.69) is 182 Å². The molecule has 2 N–H and O–H groups in total. The molecule has 0 unspecified atom stereocenters. The molecule has 338 valence electrons. The molecular weight excluding hydrogens is 860 g/mol. The average Bonchev–Trinajstić information content (AvgIpc) is 4.23. The number of furan rings is 2. The minimum Gasteiger partial charge on any atom is -0.456 e. The zero-order valence-corrected chi connectivity index (χ0v) is 38.5. The van der Waals surface area contributed by atoms with Crippen molar-refractivity contribution in [3.63, 3.8) is 0 Å². The number of hydrogen-bond donors (Lipinski definition) is 2. The van der Waals surface area contributed by atoms with Crippen LogP contribution in [0.4, 0.5) is 0 Å². The van der Waals surface area contributed by atoms with Crippen molar-refractivity contribution in [1.82, 2.24) is 0 Å². The van der Waals surface area contributed by atoms with E-state index in [1.807, 2.05) is 48.5 Å². The summed E-state index contributed by atoms with van der Waals surface area (Å²) in [7, 11) is -1.58. The molecule has 6 heteroatoms. The molecule has 0 amide bonds. The van der Waals surface area contributed by atoms with E-state index in [0.29, 0.717) is 11.0 Å². The van der Waals surface area contributed by atoms with Crippen LogP contribution in [0.15, 0.2) is 245 Å². The van der Waals surface area contributed by atoms with Crippen molar-refractivity contribution in [2.75, 3.05) is 13.2 Å². The maximum absolute atomic E-state index is 9.76. The van der Waals surface area contributed by atoms with Gasteiger partial charge in [-0.05, 0) is 86.7 Å². The number of ether oxygens (including phenoxy) is 1. The van der Waals surface area contributed by atoms with Crippen LogP contribution in [0, 0.1) is 0 Å². The molecule has 13 rings (SSSR count). The predicted molar refractivity (Wildman–Crippen MR) is 290 cm³/mol. The first-order valence-corrected chi connectivity index (χ1v) is 23.9. The van der Waals surface area contributed by atoms with E-state index < -0.39 is 7.12 Å². The Morgan fingerprint density at radius 2 is 0.671 bits per heavy atom. The molecule has 0 saturated carbocycles. The van der Waals surface area contributed by atoms with Crippen molar-refractivity contribution in [3.8, 4) is 66.8 Å². The van der Waals surface area contributed by atoms with Crippen LogP contribution in [0.5, 0.6) is 0 Å². The van der Waals surface area contributed by atoms with Crippen molar-refractivity contribution in [2.45, 2.75) is 12.8 Å². The molecule has 0 spiro atoms. The summed E-state index contributed by atoms with van der Waals surface area (Å²) in [5, 5.41) is 23.7. The van der Waals surface area contributed by atoms with Crippen LogP contribution in [-0.4, -0.2) is 30.4 Å². The Labute approximate surface area is 407 Å². The topological polar surface area (TPSA) is 76.0 Å². The molecule has 10 aromatic carbocycles. The van der Waals surface area contributed by atoms with Gasteiger partial charge in [-0.25, -0.2) is 0 Å². The second-order valence-electron chi connectivity index (χ2n) is 17.5. The van der Waals surface area contributed by atoms with E-state index in [4.69, 9.17) is 13.6 Å². The van der Waals surface area contributed by atoms with Crippen molar-refractivity contribution in [3.05, 3.63) is 237 Å².